The maximum atomic E-state index is 14.0. The molecular formula is C34H43N9O4S2. The average Bonchev–Trinajstić information content (AvgIpc) is 3.78. The van der Waals surface area contributed by atoms with Gasteiger partial charge in [0.05, 0.1) is 70.5 Å². The van der Waals surface area contributed by atoms with Gasteiger partial charge in [0, 0.05) is 12.7 Å². The van der Waals surface area contributed by atoms with Gasteiger partial charge >= 0.3 is 0 Å². The van der Waals surface area contributed by atoms with Crippen LogP contribution >= 0.6 is 23.1 Å². The monoisotopic (exact) mass is 705 g/mol. The van der Waals surface area contributed by atoms with Gasteiger partial charge < -0.3 is 25.2 Å². The predicted molar refractivity (Wildman–Crippen MR) is 189 cm³/mol. The van der Waals surface area contributed by atoms with Gasteiger partial charge in [0.1, 0.15) is 12.3 Å². The lowest BCUT2D eigenvalue weighted by Crippen LogP contribution is -2.41. The molecule has 49 heavy (non-hydrogen) atoms. The summed E-state index contributed by atoms with van der Waals surface area (Å²) in [6.07, 6.45) is 6.45. The van der Waals surface area contributed by atoms with Gasteiger partial charge in [-0.25, -0.2) is 0 Å². The van der Waals surface area contributed by atoms with Gasteiger partial charge in [0.2, 0.25) is 11.8 Å². The highest BCUT2D eigenvalue weighted by molar-refractivity contribution is 7.05. The molecular weight excluding hydrogens is 663 g/mol. The first-order valence-electron chi connectivity index (χ1n) is 16.6. The van der Waals surface area contributed by atoms with E-state index in [9.17, 15) is 14.4 Å². The molecule has 1 aliphatic rings. The van der Waals surface area contributed by atoms with Crippen molar-refractivity contribution in [2.75, 3.05) is 31.1 Å². The Morgan fingerprint density at radius 2 is 1.49 bits per heavy atom. The largest absolute Gasteiger partial charge is 0.491 e. The SMILES string of the molecule is CC(C)c1nnsc1CNC(=O)CN1CCCCCCOc2ccccc2N(CC(=O)NCc2snnc2C(C)C)c2cncc(c2)C1=O. The zero-order valence-corrected chi connectivity index (χ0v) is 30.0. The van der Waals surface area contributed by atoms with E-state index in [0.717, 1.165) is 46.8 Å². The quantitative estimate of drug-likeness (QED) is 0.225. The van der Waals surface area contributed by atoms with E-state index >= 15 is 0 Å². The van der Waals surface area contributed by atoms with Crippen LogP contribution in [0.15, 0.2) is 42.7 Å². The number of anilines is 2. The molecule has 0 unspecified atom stereocenters. The highest BCUT2D eigenvalue weighted by Gasteiger charge is 2.24. The normalized spacial score (nSPS) is 14.2. The Labute approximate surface area is 294 Å². The van der Waals surface area contributed by atoms with Crippen LogP contribution in [0.4, 0.5) is 11.4 Å². The summed E-state index contributed by atoms with van der Waals surface area (Å²) >= 11 is 2.54. The molecule has 5 rings (SSSR count). The van der Waals surface area contributed by atoms with Crippen molar-refractivity contribution < 1.29 is 19.1 Å². The molecule has 0 saturated carbocycles. The summed E-state index contributed by atoms with van der Waals surface area (Å²) < 4.78 is 14.3. The van der Waals surface area contributed by atoms with Gasteiger partial charge in [-0.2, -0.15) is 0 Å². The lowest BCUT2D eigenvalue weighted by atomic mass is 10.1. The van der Waals surface area contributed by atoms with Crippen molar-refractivity contribution in [2.24, 2.45) is 0 Å². The zero-order valence-electron chi connectivity index (χ0n) is 28.3. The number of pyridine rings is 1. The van der Waals surface area contributed by atoms with Gasteiger partial charge in [-0.1, -0.05) is 61.6 Å². The number of benzene rings is 1. The van der Waals surface area contributed by atoms with Gasteiger partial charge in [-0.05, 0) is 65.9 Å². The molecule has 2 N–H and O–H groups in total. The Bertz CT molecular complexity index is 1720. The van der Waals surface area contributed by atoms with E-state index in [-0.39, 0.29) is 42.6 Å². The molecule has 0 radical (unpaired) electrons. The molecule has 0 spiro atoms. The molecule has 15 heteroatoms. The fourth-order valence-electron chi connectivity index (χ4n) is 5.52. The number of carbonyl (C=O) groups excluding carboxylic acids is 3. The van der Waals surface area contributed by atoms with Gasteiger partial charge in [-0.15, -0.1) is 10.2 Å². The molecule has 4 aromatic rings. The Kier molecular flexibility index (Phi) is 12.6. The summed E-state index contributed by atoms with van der Waals surface area (Å²) in [7, 11) is 0. The van der Waals surface area contributed by atoms with E-state index in [1.807, 2.05) is 52.0 Å². The molecule has 0 fully saturated rings. The third kappa shape index (κ3) is 9.57. The van der Waals surface area contributed by atoms with Crippen molar-refractivity contribution in [1.82, 2.24) is 39.7 Å². The molecule has 0 aliphatic carbocycles. The summed E-state index contributed by atoms with van der Waals surface area (Å²) in [5.41, 5.74) is 3.26. The number of rotatable bonds is 10. The maximum absolute atomic E-state index is 14.0. The number of carbonyl (C=O) groups is 3. The van der Waals surface area contributed by atoms with Crippen LogP contribution in [0, 0.1) is 0 Å². The fourth-order valence-corrected chi connectivity index (χ4v) is 6.99. The second-order valence-electron chi connectivity index (χ2n) is 12.5. The van der Waals surface area contributed by atoms with Crippen molar-refractivity contribution in [3.8, 4) is 5.75 Å². The number of hydrogen-bond donors (Lipinski definition) is 2. The Hall–Kier alpha value is -4.50. The van der Waals surface area contributed by atoms with E-state index in [1.165, 1.54) is 29.3 Å². The molecule has 1 aliphatic heterocycles. The Morgan fingerprint density at radius 3 is 2.16 bits per heavy atom. The molecule has 4 heterocycles. The van der Waals surface area contributed by atoms with Crippen molar-refractivity contribution in [3.63, 3.8) is 0 Å². The van der Waals surface area contributed by atoms with Crippen LogP contribution in [-0.4, -0.2) is 73.0 Å². The fraction of sp³-hybridized carbons (Fsp3) is 0.471. The summed E-state index contributed by atoms with van der Waals surface area (Å²) in [4.78, 5) is 50.2. The minimum Gasteiger partial charge on any atom is -0.491 e. The second-order valence-corrected chi connectivity index (χ2v) is 14.2. The van der Waals surface area contributed by atoms with Crippen LogP contribution in [0.3, 0.4) is 0 Å². The topological polar surface area (TPSA) is 155 Å². The first-order valence-corrected chi connectivity index (χ1v) is 18.1. The van der Waals surface area contributed by atoms with E-state index in [4.69, 9.17) is 4.74 Å². The van der Waals surface area contributed by atoms with Gasteiger partial charge in [0.25, 0.3) is 5.91 Å². The summed E-state index contributed by atoms with van der Waals surface area (Å²) in [5.74, 6) is 0.196. The third-order valence-electron chi connectivity index (χ3n) is 8.10. The van der Waals surface area contributed by atoms with Crippen LogP contribution in [0.25, 0.3) is 0 Å². The Morgan fingerprint density at radius 1 is 0.857 bits per heavy atom. The van der Waals surface area contributed by atoms with Crippen molar-refractivity contribution in [2.45, 2.75) is 78.3 Å². The van der Waals surface area contributed by atoms with Gasteiger partial charge in [-0.3, -0.25) is 19.4 Å². The number of aromatic nitrogens is 5. The van der Waals surface area contributed by atoms with Crippen molar-refractivity contribution in [3.05, 3.63) is 69.4 Å². The maximum Gasteiger partial charge on any atom is 0.255 e. The predicted octanol–water partition coefficient (Wildman–Crippen LogP) is 5.20. The number of ether oxygens (including phenoxy) is 1. The average molecular weight is 706 g/mol. The van der Waals surface area contributed by atoms with E-state index in [2.05, 4.69) is 34.8 Å². The number of amides is 3. The highest BCUT2D eigenvalue weighted by atomic mass is 32.1. The molecule has 3 amide bonds. The Balaban J connectivity index is 1.38. The molecule has 2 bridgehead atoms. The van der Waals surface area contributed by atoms with Crippen LogP contribution in [0.5, 0.6) is 5.75 Å². The van der Waals surface area contributed by atoms with Crippen LogP contribution in [0.1, 0.15) is 96.7 Å². The second kappa shape index (κ2) is 17.2. The smallest absolute Gasteiger partial charge is 0.255 e. The highest BCUT2D eigenvalue weighted by Crippen LogP contribution is 2.34. The molecule has 0 atom stereocenters. The van der Waals surface area contributed by atoms with Crippen molar-refractivity contribution in [1.29, 1.82) is 0 Å². The summed E-state index contributed by atoms with van der Waals surface area (Å²) in [6.45, 7) is 9.52. The number of hydrogen-bond acceptors (Lipinski definition) is 12. The lowest BCUT2D eigenvalue weighted by molar-refractivity contribution is -0.122. The number of para-hydroxylation sites is 2. The molecule has 0 saturated heterocycles. The molecule has 1 aromatic carbocycles. The molecule has 260 valence electrons. The number of nitrogens with zero attached hydrogens (tertiary/aromatic N) is 7. The van der Waals surface area contributed by atoms with Crippen LogP contribution in [0.2, 0.25) is 0 Å². The minimum absolute atomic E-state index is 0.0557. The first kappa shape index (κ1) is 35.8. The lowest BCUT2D eigenvalue weighted by Gasteiger charge is -2.27. The zero-order chi connectivity index (χ0) is 34.8. The van der Waals surface area contributed by atoms with Gasteiger partial charge in [0.15, 0.2) is 0 Å². The standard InChI is InChI=1S/C34H43N9O4S2/c1-22(2)32-28(48-40-38-32)18-36-30(44)20-42-13-9-5-6-10-14-47-27-12-8-7-11-26(27)43(25-15-24(34(42)46)16-35-17-25)21-31(45)37-19-29-33(23(3)4)39-41-49-29/h7-8,11-12,15-17,22-23H,5-6,9-10,13-14,18-21H2,1-4H3,(H,36,44)(H,37,45). The third-order valence-corrected chi connectivity index (χ3v) is 9.57. The molecule has 3 aromatic heterocycles. The summed E-state index contributed by atoms with van der Waals surface area (Å²) in [6, 6.07) is 9.26. The van der Waals surface area contributed by atoms with Crippen molar-refractivity contribution >= 4 is 52.2 Å². The van der Waals surface area contributed by atoms with E-state index in [1.54, 1.807) is 22.1 Å². The van der Waals surface area contributed by atoms with E-state index in [0.29, 0.717) is 48.9 Å². The first-order chi connectivity index (χ1) is 23.7. The molecule has 13 nitrogen and oxygen atoms in total. The van der Waals surface area contributed by atoms with Crippen LogP contribution in [-0.2, 0) is 22.7 Å². The van der Waals surface area contributed by atoms with Crippen LogP contribution < -0.4 is 20.3 Å². The number of fused-ring (bicyclic) bond motifs is 3. The summed E-state index contributed by atoms with van der Waals surface area (Å²) in [5, 5.41) is 14.4. The van der Waals surface area contributed by atoms with E-state index < -0.39 is 0 Å². The minimum atomic E-state index is -0.311. The number of nitrogens with one attached hydrogen (secondary N) is 2.